The first-order valence-corrected chi connectivity index (χ1v) is 23.5. The highest BCUT2D eigenvalue weighted by Crippen LogP contribution is 2.60. The Kier molecular flexibility index (Phi) is 11.4. The molecule has 60 heavy (non-hydrogen) atoms. The highest BCUT2D eigenvalue weighted by Gasteiger charge is 2.66. The number of aryl methyl sites for hydroxylation is 1. The number of carbonyl (C=O) groups excluding carboxylic acids is 2. The zero-order valence-electron chi connectivity index (χ0n) is 34.6. The molecule has 1 unspecified atom stereocenters. The highest BCUT2D eigenvalue weighted by atomic mass is 28.3. The summed E-state index contributed by atoms with van der Waals surface area (Å²) in [6.45, 7) is 7.59. The standard InChI is InChI=1S/C48H51N5O6Si/c1-32-45(60(4,5)39-22-19-37(57-2)20-23-39)44(25-26-52-30-42(50-51-52)40(31-54)34-14-8-6-9-15-34)59-48(32)41-28-38(58-3)21-24-43(41)53(47(48)56)29-33-13-12-18-36(27-33)49-46(55)35-16-10-7-11-17-35/h6-24,27-28,30,32,40,44-45,54H,25-26,29,31H2,1-5H3,(H,49,55)/t32-,40?,44+,45-,48+/m1/s1. The van der Waals surface area contributed by atoms with E-state index in [4.69, 9.17) is 14.2 Å². The Labute approximate surface area is 351 Å². The van der Waals surface area contributed by atoms with Crippen LogP contribution in [0, 0.1) is 5.92 Å². The molecule has 1 aromatic heterocycles. The van der Waals surface area contributed by atoms with Gasteiger partial charge < -0.3 is 29.5 Å². The second kappa shape index (κ2) is 16.9. The van der Waals surface area contributed by atoms with E-state index in [0.29, 0.717) is 35.7 Å². The van der Waals surface area contributed by atoms with Crippen LogP contribution in [0.3, 0.4) is 0 Å². The van der Waals surface area contributed by atoms with Crippen molar-refractivity contribution in [2.75, 3.05) is 31.0 Å². The smallest absolute Gasteiger partial charge is 0.264 e. The summed E-state index contributed by atoms with van der Waals surface area (Å²) in [5, 5.41) is 23.6. The third-order valence-corrected chi connectivity index (χ3v) is 16.9. The molecule has 2 N–H and O–H groups in total. The molecule has 11 nitrogen and oxygen atoms in total. The Bertz CT molecular complexity index is 2460. The third-order valence-electron chi connectivity index (χ3n) is 12.5. The number of nitrogens with zero attached hydrogens (tertiary/aromatic N) is 4. The van der Waals surface area contributed by atoms with Gasteiger partial charge in [-0.2, -0.15) is 0 Å². The molecule has 308 valence electrons. The van der Waals surface area contributed by atoms with Crippen LogP contribution in [0.5, 0.6) is 11.5 Å². The first-order chi connectivity index (χ1) is 29.1. The maximum Gasteiger partial charge on any atom is 0.264 e. The predicted octanol–water partition coefficient (Wildman–Crippen LogP) is 7.52. The molecule has 0 saturated carbocycles. The van der Waals surface area contributed by atoms with Crippen molar-refractivity contribution in [3.63, 3.8) is 0 Å². The number of anilines is 2. The fourth-order valence-corrected chi connectivity index (χ4v) is 13.5. The molecule has 2 aliphatic heterocycles. The van der Waals surface area contributed by atoms with Gasteiger partial charge in [0.2, 0.25) is 0 Å². The van der Waals surface area contributed by atoms with Gasteiger partial charge in [0.15, 0.2) is 5.60 Å². The number of benzene rings is 5. The quantitative estimate of drug-likeness (QED) is 0.108. The number of hydrogen-bond acceptors (Lipinski definition) is 8. The SMILES string of the molecule is COc1ccc([Si](C)(C)[C@H]2[C@H](CCn3cc(C(CO)c4ccccc4)nn3)O[C@@]3(C(=O)N(Cc4cccc(NC(=O)c5ccccc5)c4)c4ccc(OC)cc43)[C@@H]2C)cc1. The summed E-state index contributed by atoms with van der Waals surface area (Å²) in [7, 11) is 0.878. The fourth-order valence-electron chi connectivity index (χ4n) is 9.47. The molecule has 1 saturated heterocycles. The Morgan fingerprint density at radius 1 is 0.900 bits per heavy atom. The van der Waals surface area contributed by atoms with Crippen LogP contribution in [0.4, 0.5) is 11.4 Å². The van der Waals surface area contributed by atoms with E-state index in [0.717, 1.165) is 28.1 Å². The van der Waals surface area contributed by atoms with E-state index < -0.39 is 13.7 Å². The Balaban J connectivity index is 1.14. The number of hydrogen-bond donors (Lipinski definition) is 2. The summed E-state index contributed by atoms with van der Waals surface area (Å²) in [5.41, 5.74) is 3.99. The number of nitrogens with one attached hydrogen (secondary N) is 1. The number of amides is 2. The zero-order chi connectivity index (χ0) is 42.0. The van der Waals surface area contributed by atoms with Gasteiger partial charge in [0.1, 0.15) is 11.5 Å². The van der Waals surface area contributed by atoms with Crippen LogP contribution in [-0.4, -0.2) is 66.9 Å². The molecule has 2 aliphatic rings. The van der Waals surface area contributed by atoms with Crippen molar-refractivity contribution < 1.29 is 28.9 Å². The van der Waals surface area contributed by atoms with Crippen molar-refractivity contribution in [3.05, 3.63) is 162 Å². The first kappa shape index (κ1) is 40.7. The molecular weight excluding hydrogens is 771 g/mol. The van der Waals surface area contributed by atoms with Gasteiger partial charge in [-0.1, -0.05) is 103 Å². The molecular formula is C48H51N5O6Si. The summed E-state index contributed by atoms with van der Waals surface area (Å²) < 4.78 is 20.5. The molecule has 8 rings (SSSR count). The van der Waals surface area contributed by atoms with E-state index in [1.54, 1.807) is 26.4 Å². The van der Waals surface area contributed by atoms with Crippen LogP contribution >= 0.6 is 0 Å². The minimum Gasteiger partial charge on any atom is -0.497 e. The van der Waals surface area contributed by atoms with Gasteiger partial charge in [-0.25, -0.2) is 0 Å². The van der Waals surface area contributed by atoms with Gasteiger partial charge in [-0.3, -0.25) is 14.3 Å². The van der Waals surface area contributed by atoms with Crippen LogP contribution in [-0.2, 0) is 28.2 Å². The van der Waals surface area contributed by atoms with Crippen molar-refractivity contribution in [3.8, 4) is 11.5 Å². The number of carbonyl (C=O) groups is 2. The van der Waals surface area contributed by atoms with Gasteiger partial charge in [0.25, 0.3) is 11.8 Å². The van der Waals surface area contributed by atoms with Crippen LogP contribution < -0.4 is 24.9 Å². The normalized spacial score (nSPS) is 20.3. The Hall–Kier alpha value is -6.08. The van der Waals surface area contributed by atoms with Crippen molar-refractivity contribution in [2.45, 2.75) is 62.7 Å². The average molecular weight is 822 g/mol. The Morgan fingerprint density at radius 3 is 2.30 bits per heavy atom. The lowest BCUT2D eigenvalue weighted by Crippen LogP contribution is -2.51. The summed E-state index contributed by atoms with van der Waals surface area (Å²) in [4.78, 5) is 30.3. The molecule has 1 spiro atoms. The van der Waals surface area contributed by atoms with Crippen molar-refractivity contribution >= 4 is 36.4 Å². The second-order valence-corrected chi connectivity index (χ2v) is 21.0. The molecule has 6 aromatic rings. The van der Waals surface area contributed by atoms with Gasteiger partial charge >= 0.3 is 0 Å². The van der Waals surface area contributed by atoms with Crippen molar-refractivity contribution in [1.82, 2.24) is 15.0 Å². The third kappa shape index (κ3) is 7.51. The molecule has 5 aromatic carbocycles. The maximum absolute atomic E-state index is 15.4. The van der Waals surface area contributed by atoms with E-state index in [1.165, 1.54) is 5.19 Å². The number of aromatic nitrogens is 3. The van der Waals surface area contributed by atoms with Gasteiger partial charge in [-0.05, 0) is 77.7 Å². The van der Waals surface area contributed by atoms with E-state index >= 15 is 4.79 Å². The lowest BCUT2D eigenvalue weighted by atomic mass is 9.82. The Morgan fingerprint density at radius 2 is 1.60 bits per heavy atom. The lowest BCUT2D eigenvalue weighted by molar-refractivity contribution is -0.146. The van der Waals surface area contributed by atoms with Crippen LogP contribution in [0.2, 0.25) is 18.6 Å². The number of rotatable bonds is 14. The topological polar surface area (TPSA) is 128 Å². The van der Waals surface area contributed by atoms with Gasteiger partial charge in [0.05, 0.1) is 58.8 Å². The number of aliphatic hydroxyl groups is 1. The minimum absolute atomic E-state index is 0.00266. The highest BCUT2D eigenvalue weighted by molar-refractivity contribution is 6.91. The second-order valence-electron chi connectivity index (χ2n) is 16.3. The molecule has 2 amide bonds. The number of ether oxygens (including phenoxy) is 3. The molecule has 12 heteroatoms. The van der Waals surface area contributed by atoms with Crippen LogP contribution in [0.15, 0.2) is 134 Å². The fraction of sp³-hybridized carbons (Fsp3) is 0.292. The first-order valence-electron chi connectivity index (χ1n) is 20.4. The molecule has 5 atom stereocenters. The monoisotopic (exact) mass is 821 g/mol. The van der Waals surface area contributed by atoms with Gasteiger partial charge in [0, 0.05) is 35.5 Å². The van der Waals surface area contributed by atoms with E-state index in [2.05, 4.69) is 47.8 Å². The van der Waals surface area contributed by atoms with Gasteiger partial charge in [-0.15, -0.1) is 5.10 Å². The average Bonchev–Trinajstić information content (AvgIpc) is 3.93. The predicted molar refractivity (Wildman–Crippen MR) is 235 cm³/mol. The zero-order valence-corrected chi connectivity index (χ0v) is 35.6. The van der Waals surface area contributed by atoms with E-state index in [9.17, 15) is 9.90 Å². The summed E-state index contributed by atoms with van der Waals surface area (Å²) >= 11 is 0. The van der Waals surface area contributed by atoms with Crippen molar-refractivity contribution in [2.24, 2.45) is 5.92 Å². The molecule has 0 bridgehead atoms. The number of methoxy groups -OCH3 is 2. The van der Waals surface area contributed by atoms with E-state index in [-0.39, 0.29) is 48.4 Å². The van der Waals surface area contributed by atoms with Crippen LogP contribution in [0.1, 0.15) is 52.0 Å². The minimum atomic E-state index is -2.42. The summed E-state index contributed by atoms with van der Waals surface area (Å²) in [6, 6.07) is 40.7. The molecule has 0 aliphatic carbocycles. The molecule has 0 radical (unpaired) electrons. The lowest BCUT2D eigenvalue weighted by Gasteiger charge is -2.37. The van der Waals surface area contributed by atoms with Crippen LogP contribution in [0.25, 0.3) is 0 Å². The summed E-state index contributed by atoms with van der Waals surface area (Å²) in [5.74, 6) is 0.575. The number of fused-ring (bicyclic) bond motifs is 2. The maximum atomic E-state index is 15.4. The van der Waals surface area contributed by atoms with E-state index in [1.807, 2.05) is 119 Å². The number of aliphatic hydroxyl groups excluding tert-OH is 1. The summed E-state index contributed by atoms with van der Waals surface area (Å²) in [6.07, 6.45) is 2.16. The van der Waals surface area contributed by atoms with Crippen molar-refractivity contribution in [1.29, 1.82) is 0 Å². The molecule has 3 heterocycles. The largest absolute Gasteiger partial charge is 0.497 e. The molecule has 1 fully saturated rings.